The van der Waals surface area contributed by atoms with Crippen molar-refractivity contribution >= 4 is 0 Å². The molecule has 1 aromatic rings. The molecule has 0 bridgehead atoms. The largest absolute Gasteiger partial charge is 0.0925 e. The smallest absolute Gasteiger partial charge is 0.0256 e. The standard InChI is InChI=1S/C16H10.2C2H6/c1-3-5-7-9-15-11-13-16(14-12-15)10-8-6-4-2;2*1-2/h11-14H,1-2H3;2*1-2H3. The monoisotopic (exact) mass is 262 g/mol. The normalized spacial score (nSPS) is 5.90. The van der Waals surface area contributed by atoms with Crippen molar-refractivity contribution in [3.8, 4) is 47.4 Å². The first kappa shape index (κ1) is 19.8. The first-order chi connectivity index (χ1) is 9.86. The molecule has 102 valence electrons. The second-order valence-corrected chi connectivity index (χ2v) is 2.83. The van der Waals surface area contributed by atoms with Gasteiger partial charge in [-0.3, -0.25) is 0 Å². The van der Waals surface area contributed by atoms with Crippen molar-refractivity contribution in [1.82, 2.24) is 0 Å². The molecule has 0 unspecified atom stereocenters. The van der Waals surface area contributed by atoms with Crippen LogP contribution in [0.1, 0.15) is 52.7 Å². The Morgan fingerprint density at radius 1 is 0.550 bits per heavy atom. The lowest BCUT2D eigenvalue weighted by Crippen LogP contribution is -1.76. The summed E-state index contributed by atoms with van der Waals surface area (Å²) in [6.45, 7) is 11.5. The third-order valence-corrected chi connectivity index (χ3v) is 1.67. The van der Waals surface area contributed by atoms with Gasteiger partial charge in [-0.05, 0) is 61.8 Å². The maximum atomic E-state index is 2.94. The van der Waals surface area contributed by atoms with Crippen molar-refractivity contribution < 1.29 is 0 Å². The van der Waals surface area contributed by atoms with Gasteiger partial charge in [0.25, 0.3) is 0 Å². The molecule has 0 nitrogen and oxygen atoms in total. The highest BCUT2D eigenvalue weighted by Crippen LogP contribution is 2.01. The third kappa shape index (κ3) is 10.6. The summed E-state index contributed by atoms with van der Waals surface area (Å²) < 4.78 is 0. The van der Waals surface area contributed by atoms with Gasteiger partial charge in [0, 0.05) is 11.1 Å². The minimum Gasteiger partial charge on any atom is -0.0925 e. The first-order valence-electron chi connectivity index (χ1n) is 6.82. The summed E-state index contributed by atoms with van der Waals surface area (Å²) in [5, 5.41) is 0. The van der Waals surface area contributed by atoms with Crippen LogP contribution in [0, 0.1) is 47.4 Å². The second kappa shape index (κ2) is 16.5. The molecule has 0 spiro atoms. The topological polar surface area (TPSA) is 0 Å². The van der Waals surface area contributed by atoms with Gasteiger partial charge in [-0.1, -0.05) is 51.4 Å². The summed E-state index contributed by atoms with van der Waals surface area (Å²) >= 11 is 0. The van der Waals surface area contributed by atoms with Crippen molar-refractivity contribution in [1.29, 1.82) is 0 Å². The Hall–Kier alpha value is -2.54. The lowest BCUT2D eigenvalue weighted by Gasteiger charge is -1.89. The van der Waals surface area contributed by atoms with Crippen LogP contribution in [0.25, 0.3) is 0 Å². The number of hydrogen-bond donors (Lipinski definition) is 0. The van der Waals surface area contributed by atoms with Crippen LogP contribution in [0.3, 0.4) is 0 Å². The van der Waals surface area contributed by atoms with Crippen LogP contribution in [0.15, 0.2) is 24.3 Å². The van der Waals surface area contributed by atoms with Crippen molar-refractivity contribution in [3.05, 3.63) is 35.4 Å². The molecule has 0 aliphatic carbocycles. The summed E-state index contributed by atoms with van der Waals surface area (Å²) in [6, 6.07) is 7.70. The zero-order valence-electron chi connectivity index (χ0n) is 13.3. The zero-order chi connectivity index (χ0) is 15.6. The van der Waals surface area contributed by atoms with Crippen LogP contribution in [0.2, 0.25) is 0 Å². The Bertz CT molecular complexity index is 528. The minimum atomic E-state index is 0.940. The predicted octanol–water partition coefficient (Wildman–Crippen LogP) is 4.49. The lowest BCUT2D eigenvalue weighted by atomic mass is 10.1. The summed E-state index contributed by atoms with van der Waals surface area (Å²) in [6.07, 6.45) is 0. The van der Waals surface area contributed by atoms with Crippen molar-refractivity contribution in [2.45, 2.75) is 41.5 Å². The van der Waals surface area contributed by atoms with Gasteiger partial charge < -0.3 is 0 Å². The highest BCUT2D eigenvalue weighted by atomic mass is 13.9. The quantitative estimate of drug-likeness (QED) is 0.604. The zero-order valence-corrected chi connectivity index (χ0v) is 13.3. The Balaban J connectivity index is 0. The highest BCUT2D eigenvalue weighted by Gasteiger charge is 1.87. The number of hydrogen-bond acceptors (Lipinski definition) is 0. The van der Waals surface area contributed by atoms with E-state index in [1.54, 1.807) is 13.8 Å². The molecule has 0 N–H and O–H groups in total. The molecule has 0 amide bonds. The van der Waals surface area contributed by atoms with Gasteiger partial charge in [-0.2, -0.15) is 0 Å². The van der Waals surface area contributed by atoms with Gasteiger partial charge in [-0.25, -0.2) is 0 Å². The van der Waals surface area contributed by atoms with E-state index >= 15 is 0 Å². The van der Waals surface area contributed by atoms with Crippen molar-refractivity contribution in [2.24, 2.45) is 0 Å². The third-order valence-electron chi connectivity index (χ3n) is 1.67. The first-order valence-corrected chi connectivity index (χ1v) is 6.82. The highest BCUT2D eigenvalue weighted by molar-refractivity contribution is 5.45. The molecule has 0 atom stereocenters. The van der Waals surface area contributed by atoms with E-state index in [0.29, 0.717) is 0 Å². The van der Waals surface area contributed by atoms with E-state index in [2.05, 4.69) is 47.4 Å². The predicted molar refractivity (Wildman–Crippen MR) is 89.8 cm³/mol. The van der Waals surface area contributed by atoms with E-state index in [9.17, 15) is 0 Å². The van der Waals surface area contributed by atoms with Gasteiger partial charge in [0.1, 0.15) is 0 Å². The maximum Gasteiger partial charge on any atom is 0.0256 e. The molecule has 1 rings (SSSR count). The maximum absolute atomic E-state index is 2.94. The molecule has 0 saturated heterocycles. The summed E-state index contributed by atoms with van der Waals surface area (Å²) in [5.74, 6) is 22.2. The van der Waals surface area contributed by atoms with Crippen LogP contribution >= 0.6 is 0 Å². The van der Waals surface area contributed by atoms with Crippen molar-refractivity contribution in [2.75, 3.05) is 0 Å². The fraction of sp³-hybridized carbons (Fsp3) is 0.300. The van der Waals surface area contributed by atoms with E-state index in [0.717, 1.165) is 11.1 Å². The van der Waals surface area contributed by atoms with Crippen molar-refractivity contribution in [3.63, 3.8) is 0 Å². The molecule has 20 heavy (non-hydrogen) atoms. The molecule has 0 fully saturated rings. The molecule has 0 saturated carbocycles. The molecule has 1 aromatic carbocycles. The van der Waals surface area contributed by atoms with Gasteiger partial charge >= 0.3 is 0 Å². The fourth-order valence-electron chi connectivity index (χ4n) is 0.969. The summed E-state index contributed by atoms with van der Waals surface area (Å²) in [4.78, 5) is 0. The number of rotatable bonds is 0. The minimum absolute atomic E-state index is 0.940. The molecular weight excluding hydrogens is 240 g/mol. The molecule has 0 aliphatic heterocycles. The van der Waals surface area contributed by atoms with E-state index in [4.69, 9.17) is 0 Å². The Morgan fingerprint density at radius 3 is 1.10 bits per heavy atom. The Kier molecular flexibility index (Phi) is 16.3. The van der Waals surface area contributed by atoms with Crippen LogP contribution in [0.4, 0.5) is 0 Å². The Morgan fingerprint density at radius 2 is 0.850 bits per heavy atom. The summed E-state index contributed by atoms with van der Waals surface area (Å²) in [5.41, 5.74) is 1.88. The average Bonchev–Trinajstić information content (AvgIpc) is 2.53. The number of benzene rings is 1. The molecule has 0 aliphatic rings. The van der Waals surface area contributed by atoms with E-state index in [1.807, 2.05) is 52.0 Å². The molecule has 0 radical (unpaired) electrons. The SMILES string of the molecule is CC.CC.CC#CC#Cc1ccc(C#CC#CC)cc1. The van der Waals surface area contributed by atoms with E-state index in [-0.39, 0.29) is 0 Å². The van der Waals surface area contributed by atoms with E-state index < -0.39 is 0 Å². The summed E-state index contributed by atoms with van der Waals surface area (Å²) in [7, 11) is 0. The Labute approximate surface area is 125 Å². The van der Waals surface area contributed by atoms with Crippen LogP contribution in [-0.4, -0.2) is 0 Å². The van der Waals surface area contributed by atoms with Crippen LogP contribution in [0.5, 0.6) is 0 Å². The second-order valence-electron chi connectivity index (χ2n) is 2.83. The average molecular weight is 262 g/mol. The van der Waals surface area contributed by atoms with Gasteiger partial charge in [0.2, 0.25) is 0 Å². The van der Waals surface area contributed by atoms with Crippen LogP contribution in [-0.2, 0) is 0 Å². The van der Waals surface area contributed by atoms with E-state index in [1.165, 1.54) is 0 Å². The molecular formula is C20H22. The fourth-order valence-corrected chi connectivity index (χ4v) is 0.969. The van der Waals surface area contributed by atoms with Gasteiger partial charge in [-0.15, -0.1) is 0 Å². The van der Waals surface area contributed by atoms with Gasteiger partial charge in [0.15, 0.2) is 0 Å². The van der Waals surface area contributed by atoms with Crippen LogP contribution < -0.4 is 0 Å². The lowest BCUT2D eigenvalue weighted by molar-refractivity contribution is 1.50. The molecule has 0 aromatic heterocycles. The molecule has 0 heteroatoms. The molecule has 0 heterocycles. The van der Waals surface area contributed by atoms with Gasteiger partial charge in [0.05, 0.1) is 0 Å².